The summed E-state index contributed by atoms with van der Waals surface area (Å²) in [7, 11) is -3.09. The highest BCUT2D eigenvalue weighted by atomic mass is 127. The monoisotopic (exact) mass is 577 g/mol. The summed E-state index contributed by atoms with van der Waals surface area (Å²) in [6.07, 6.45) is 4.71. The molecule has 0 spiro atoms. The van der Waals surface area contributed by atoms with E-state index in [9.17, 15) is 8.42 Å². The summed E-state index contributed by atoms with van der Waals surface area (Å²) in [6, 6.07) is 11.4. The molecule has 1 aromatic rings. The summed E-state index contributed by atoms with van der Waals surface area (Å²) in [5.74, 6) is 1.10. The third kappa shape index (κ3) is 8.14. The molecule has 2 aliphatic heterocycles. The molecule has 2 aliphatic rings. The van der Waals surface area contributed by atoms with Crippen molar-refractivity contribution in [3.8, 4) is 0 Å². The number of aliphatic imine (C=N–C) groups is 1. The van der Waals surface area contributed by atoms with Crippen LogP contribution in [-0.4, -0.2) is 74.1 Å². The minimum Gasteiger partial charge on any atom is -0.357 e. The quantitative estimate of drug-likeness (QED) is 0.268. The molecule has 0 aliphatic carbocycles. The fourth-order valence-electron chi connectivity index (χ4n) is 4.50. The summed E-state index contributed by atoms with van der Waals surface area (Å²) < 4.78 is 26.2. The van der Waals surface area contributed by atoms with Crippen molar-refractivity contribution >= 4 is 40.0 Å². The Kier molecular flexibility index (Phi) is 11.7. The molecular weight excluding hydrogens is 537 g/mol. The van der Waals surface area contributed by atoms with E-state index in [1.165, 1.54) is 18.4 Å². The van der Waals surface area contributed by atoms with E-state index in [0.29, 0.717) is 25.6 Å². The second kappa shape index (κ2) is 13.7. The number of sulfonamides is 1. The molecule has 0 saturated carbocycles. The van der Waals surface area contributed by atoms with Gasteiger partial charge in [-0.15, -0.1) is 24.0 Å². The van der Waals surface area contributed by atoms with Crippen LogP contribution in [0.5, 0.6) is 0 Å². The van der Waals surface area contributed by atoms with E-state index in [2.05, 4.69) is 52.8 Å². The molecule has 1 atom stereocenters. The third-order valence-electron chi connectivity index (χ3n) is 6.18. The van der Waals surface area contributed by atoms with Gasteiger partial charge in [0.1, 0.15) is 0 Å². The first-order valence-corrected chi connectivity index (χ1v) is 13.4. The van der Waals surface area contributed by atoms with Crippen molar-refractivity contribution < 1.29 is 8.42 Å². The first kappa shape index (κ1) is 27.3. The number of hydrogen-bond acceptors (Lipinski definition) is 4. The van der Waals surface area contributed by atoms with Gasteiger partial charge >= 0.3 is 0 Å². The van der Waals surface area contributed by atoms with Gasteiger partial charge in [0.15, 0.2) is 5.96 Å². The minimum atomic E-state index is -3.09. The van der Waals surface area contributed by atoms with Gasteiger partial charge in [-0.1, -0.05) is 37.3 Å². The number of rotatable bonds is 9. The predicted molar refractivity (Wildman–Crippen MR) is 143 cm³/mol. The third-order valence-corrected chi connectivity index (χ3v) is 8.26. The van der Waals surface area contributed by atoms with Crippen molar-refractivity contribution in [2.75, 3.05) is 38.5 Å². The summed E-state index contributed by atoms with van der Waals surface area (Å²) in [5, 5.41) is 6.92. The van der Waals surface area contributed by atoms with Gasteiger partial charge in [-0.05, 0) is 51.1 Å². The molecule has 3 rings (SSSR count). The van der Waals surface area contributed by atoms with Crippen LogP contribution in [0.25, 0.3) is 0 Å². The van der Waals surface area contributed by atoms with E-state index in [4.69, 9.17) is 4.99 Å². The maximum absolute atomic E-state index is 12.3. The van der Waals surface area contributed by atoms with Gasteiger partial charge in [-0.25, -0.2) is 12.7 Å². The predicted octanol–water partition coefficient (Wildman–Crippen LogP) is 3.03. The number of nitrogens with zero attached hydrogens (tertiary/aromatic N) is 3. The molecule has 2 heterocycles. The Morgan fingerprint density at radius 3 is 2.47 bits per heavy atom. The van der Waals surface area contributed by atoms with Crippen LogP contribution in [0.3, 0.4) is 0 Å². The lowest BCUT2D eigenvalue weighted by atomic mass is 10.1. The van der Waals surface area contributed by atoms with Crippen LogP contribution in [0.1, 0.15) is 51.5 Å². The Bertz CT molecular complexity index is 798. The van der Waals surface area contributed by atoms with Gasteiger partial charge in [0.05, 0.1) is 12.3 Å². The highest BCUT2D eigenvalue weighted by Crippen LogP contribution is 2.20. The Morgan fingerprint density at radius 2 is 1.81 bits per heavy atom. The molecule has 2 N–H and O–H groups in total. The topological polar surface area (TPSA) is 77.0 Å². The number of benzene rings is 1. The van der Waals surface area contributed by atoms with Crippen molar-refractivity contribution in [3.05, 3.63) is 35.9 Å². The van der Waals surface area contributed by atoms with Gasteiger partial charge < -0.3 is 10.6 Å². The molecule has 2 fully saturated rings. The number of nitrogens with one attached hydrogen (secondary N) is 2. The van der Waals surface area contributed by atoms with E-state index in [0.717, 1.165) is 45.0 Å². The van der Waals surface area contributed by atoms with Gasteiger partial charge in [0, 0.05) is 38.3 Å². The molecule has 0 bridgehead atoms. The molecule has 1 aromatic carbocycles. The molecule has 9 heteroatoms. The molecular formula is C23H40IN5O2S. The first-order chi connectivity index (χ1) is 15.0. The molecule has 0 radical (unpaired) electrons. The summed E-state index contributed by atoms with van der Waals surface area (Å²) in [6.45, 7) is 8.88. The second-order valence-corrected chi connectivity index (χ2v) is 10.7. The van der Waals surface area contributed by atoms with Crippen LogP contribution in [0, 0.1) is 0 Å². The Hall–Kier alpha value is -0.910. The van der Waals surface area contributed by atoms with Crippen LogP contribution < -0.4 is 10.6 Å². The molecule has 182 valence electrons. The van der Waals surface area contributed by atoms with E-state index >= 15 is 0 Å². The lowest BCUT2D eigenvalue weighted by Crippen LogP contribution is -2.50. The van der Waals surface area contributed by atoms with Crippen molar-refractivity contribution in [1.82, 2.24) is 19.8 Å². The van der Waals surface area contributed by atoms with Crippen molar-refractivity contribution in [3.63, 3.8) is 0 Å². The number of hydrogen-bond donors (Lipinski definition) is 2. The lowest BCUT2D eigenvalue weighted by Gasteiger charge is -2.32. The maximum atomic E-state index is 12.3. The Balaban J connectivity index is 0.00000363. The van der Waals surface area contributed by atoms with Gasteiger partial charge in [0.25, 0.3) is 0 Å². The highest BCUT2D eigenvalue weighted by molar-refractivity contribution is 14.0. The number of halogens is 1. The molecule has 1 unspecified atom stereocenters. The Labute approximate surface area is 211 Å². The van der Waals surface area contributed by atoms with E-state index in [-0.39, 0.29) is 35.8 Å². The van der Waals surface area contributed by atoms with Crippen LogP contribution in [0.15, 0.2) is 35.3 Å². The number of guanidine groups is 1. The fraction of sp³-hybridized carbons (Fsp3) is 0.696. The van der Waals surface area contributed by atoms with Crippen molar-refractivity contribution in [2.45, 2.75) is 64.6 Å². The minimum absolute atomic E-state index is 0. The van der Waals surface area contributed by atoms with Crippen LogP contribution in [0.4, 0.5) is 0 Å². The van der Waals surface area contributed by atoms with E-state index in [1.807, 2.05) is 6.92 Å². The fourth-order valence-corrected chi connectivity index (χ4v) is 6.04. The van der Waals surface area contributed by atoms with Gasteiger partial charge in [0.2, 0.25) is 10.0 Å². The normalized spacial score (nSPS) is 21.3. The van der Waals surface area contributed by atoms with Crippen LogP contribution in [-0.2, 0) is 16.6 Å². The zero-order valence-electron chi connectivity index (χ0n) is 19.5. The van der Waals surface area contributed by atoms with Gasteiger partial charge in [-0.2, -0.15) is 0 Å². The molecule has 0 aromatic heterocycles. The molecule has 7 nitrogen and oxygen atoms in total. The van der Waals surface area contributed by atoms with Crippen molar-refractivity contribution in [2.24, 2.45) is 4.99 Å². The zero-order valence-corrected chi connectivity index (χ0v) is 22.6. The van der Waals surface area contributed by atoms with Crippen LogP contribution in [0.2, 0.25) is 0 Å². The molecule has 32 heavy (non-hydrogen) atoms. The average molecular weight is 578 g/mol. The maximum Gasteiger partial charge on any atom is 0.214 e. The number of likely N-dealkylation sites (tertiary alicyclic amines) is 1. The lowest BCUT2D eigenvalue weighted by molar-refractivity contribution is 0.250. The highest BCUT2D eigenvalue weighted by Gasteiger charge is 2.28. The zero-order chi connectivity index (χ0) is 22.1. The van der Waals surface area contributed by atoms with E-state index < -0.39 is 10.0 Å². The largest absolute Gasteiger partial charge is 0.357 e. The summed E-state index contributed by atoms with van der Waals surface area (Å²) in [5.41, 5.74) is 1.35. The van der Waals surface area contributed by atoms with Gasteiger partial charge in [-0.3, -0.25) is 9.89 Å². The smallest absolute Gasteiger partial charge is 0.214 e. The molecule has 2 saturated heterocycles. The molecule has 0 amide bonds. The van der Waals surface area contributed by atoms with Crippen LogP contribution >= 0.6 is 24.0 Å². The Morgan fingerprint density at radius 1 is 1.09 bits per heavy atom. The SMILES string of the molecule is CCCS(=O)(=O)N1CCC(NC(=NCC2CCCN2Cc2ccccc2)NCC)CC1.I. The van der Waals surface area contributed by atoms with Crippen molar-refractivity contribution in [1.29, 1.82) is 0 Å². The first-order valence-electron chi connectivity index (χ1n) is 11.8. The second-order valence-electron chi connectivity index (χ2n) is 8.61. The van der Waals surface area contributed by atoms with E-state index in [1.54, 1.807) is 4.31 Å². The summed E-state index contributed by atoms with van der Waals surface area (Å²) in [4.78, 5) is 7.44. The standard InChI is InChI=1S/C23H39N5O2S.HI/c1-3-17-31(29,30)28-15-12-21(13-16-28)26-23(24-4-2)25-18-22-11-8-14-27(22)19-20-9-6-5-7-10-20;/h5-7,9-10,21-22H,3-4,8,11-19H2,1-2H3,(H2,24,25,26);1H. The summed E-state index contributed by atoms with van der Waals surface area (Å²) >= 11 is 0. The number of piperidine rings is 1. The average Bonchev–Trinajstić information content (AvgIpc) is 3.20.